The predicted octanol–water partition coefficient (Wildman–Crippen LogP) is 2.87. The molecular weight excluding hydrogens is 222 g/mol. The molecule has 0 fully saturated rings. The van der Waals surface area contributed by atoms with Gasteiger partial charge in [0.1, 0.15) is 4.83 Å². The lowest BCUT2D eigenvalue weighted by molar-refractivity contribution is -0.137. The Kier molecular flexibility index (Phi) is 3.31. The summed E-state index contributed by atoms with van der Waals surface area (Å²) in [7, 11) is 0. The number of carbonyl (C=O) groups is 1. The van der Waals surface area contributed by atoms with E-state index < -0.39 is 0 Å². The topological polar surface area (TPSA) is 39.2 Å². The molecule has 0 spiro atoms. The first-order chi connectivity index (χ1) is 7.81. The van der Waals surface area contributed by atoms with Crippen LogP contribution < -0.4 is 0 Å². The van der Waals surface area contributed by atoms with Crippen molar-refractivity contribution in [2.45, 2.75) is 6.92 Å². The average Bonchev–Trinajstić information content (AvgIpc) is 2.70. The highest BCUT2D eigenvalue weighted by Crippen LogP contribution is 2.24. The van der Waals surface area contributed by atoms with Crippen molar-refractivity contribution >= 4 is 33.6 Å². The second-order valence-electron chi connectivity index (χ2n) is 3.13. The highest BCUT2D eigenvalue weighted by Gasteiger charge is 2.01. The SMILES string of the molecule is CCOC(=O)/C=C/c1csc2ncccc12. The number of fused-ring (bicyclic) bond motifs is 1. The van der Waals surface area contributed by atoms with Crippen molar-refractivity contribution in [1.29, 1.82) is 0 Å². The normalized spacial score (nSPS) is 11.1. The second kappa shape index (κ2) is 4.90. The van der Waals surface area contributed by atoms with Crippen LogP contribution in [0.4, 0.5) is 0 Å². The maximum atomic E-state index is 11.2. The summed E-state index contributed by atoms with van der Waals surface area (Å²) in [6, 6.07) is 3.88. The number of hydrogen-bond acceptors (Lipinski definition) is 4. The summed E-state index contributed by atoms with van der Waals surface area (Å²) >= 11 is 1.56. The standard InChI is InChI=1S/C12H11NO2S/c1-2-15-11(14)6-5-9-8-16-12-10(9)4-3-7-13-12/h3-8H,2H2,1H3/b6-5+. The molecule has 4 heteroatoms. The summed E-state index contributed by atoms with van der Waals surface area (Å²) in [5.74, 6) is -0.314. The van der Waals surface area contributed by atoms with Crippen molar-refractivity contribution in [3.8, 4) is 0 Å². The number of pyridine rings is 1. The van der Waals surface area contributed by atoms with Crippen molar-refractivity contribution in [3.63, 3.8) is 0 Å². The molecule has 3 nitrogen and oxygen atoms in total. The minimum atomic E-state index is -0.314. The van der Waals surface area contributed by atoms with Gasteiger partial charge in [-0.25, -0.2) is 9.78 Å². The molecule has 0 radical (unpaired) electrons. The van der Waals surface area contributed by atoms with Gasteiger partial charge in [-0.15, -0.1) is 11.3 Å². The number of nitrogens with zero attached hydrogens (tertiary/aromatic N) is 1. The molecular formula is C12H11NO2S. The van der Waals surface area contributed by atoms with Gasteiger partial charge in [0.25, 0.3) is 0 Å². The molecule has 0 saturated carbocycles. The van der Waals surface area contributed by atoms with Crippen molar-refractivity contribution in [3.05, 3.63) is 35.3 Å². The highest BCUT2D eigenvalue weighted by molar-refractivity contribution is 7.17. The lowest BCUT2D eigenvalue weighted by Crippen LogP contribution is -1.98. The fourth-order valence-corrected chi connectivity index (χ4v) is 2.24. The molecule has 2 aromatic heterocycles. The van der Waals surface area contributed by atoms with Gasteiger partial charge in [0, 0.05) is 23.0 Å². The molecule has 0 aliphatic heterocycles. The van der Waals surface area contributed by atoms with Gasteiger partial charge in [0.2, 0.25) is 0 Å². The van der Waals surface area contributed by atoms with E-state index in [-0.39, 0.29) is 5.97 Å². The van der Waals surface area contributed by atoms with E-state index in [9.17, 15) is 4.79 Å². The van der Waals surface area contributed by atoms with Crippen LogP contribution in [0.15, 0.2) is 29.8 Å². The Morgan fingerprint density at radius 1 is 1.62 bits per heavy atom. The number of ether oxygens (including phenoxy) is 1. The van der Waals surface area contributed by atoms with E-state index in [0.717, 1.165) is 15.8 Å². The number of aromatic nitrogens is 1. The summed E-state index contributed by atoms with van der Waals surface area (Å²) in [6.07, 6.45) is 4.97. The van der Waals surface area contributed by atoms with Crippen LogP contribution in [0.25, 0.3) is 16.3 Å². The Hall–Kier alpha value is -1.68. The van der Waals surface area contributed by atoms with E-state index >= 15 is 0 Å². The molecule has 0 aliphatic carbocycles. The van der Waals surface area contributed by atoms with Crippen LogP contribution in [-0.2, 0) is 9.53 Å². The maximum Gasteiger partial charge on any atom is 0.330 e. The monoisotopic (exact) mass is 233 g/mol. The Balaban J connectivity index is 2.24. The van der Waals surface area contributed by atoms with Gasteiger partial charge in [0.15, 0.2) is 0 Å². The summed E-state index contributed by atoms with van der Waals surface area (Å²) in [5.41, 5.74) is 1.00. The molecule has 0 bridgehead atoms. The first-order valence-electron chi connectivity index (χ1n) is 4.98. The smallest absolute Gasteiger partial charge is 0.330 e. The van der Waals surface area contributed by atoms with Crippen molar-refractivity contribution < 1.29 is 9.53 Å². The van der Waals surface area contributed by atoms with Gasteiger partial charge in [-0.1, -0.05) is 0 Å². The van der Waals surface area contributed by atoms with E-state index in [2.05, 4.69) is 4.98 Å². The molecule has 2 aromatic rings. The predicted molar refractivity (Wildman–Crippen MR) is 65.3 cm³/mol. The molecule has 2 rings (SSSR count). The van der Waals surface area contributed by atoms with E-state index in [0.29, 0.717) is 6.61 Å². The minimum absolute atomic E-state index is 0.314. The number of rotatable bonds is 3. The lowest BCUT2D eigenvalue weighted by atomic mass is 10.2. The van der Waals surface area contributed by atoms with E-state index in [4.69, 9.17) is 4.74 Å². The molecule has 82 valence electrons. The summed E-state index contributed by atoms with van der Waals surface area (Å²) in [4.78, 5) is 16.4. The second-order valence-corrected chi connectivity index (χ2v) is 3.99. The Labute approximate surface area is 97.4 Å². The molecule has 0 unspecified atom stereocenters. The maximum absolute atomic E-state index is 11.2. The number of hydrogen-bond donors (Lipinski definition) is 0. The van der Waals surface area contributed by atoms with Gasteiger partial charge in [-0.2, -0.15) is 0 Å². The van der Waals surface area contributed by atoms with Gasteiger partial charge < -0.3 is 4.74 Å². The first kappa shape index (κ1) is 10.8. The fraction of sp³-hybridized carbons (Fsp3) is 0.167. The molecule has 0 saturated heterocycles. The third kappa shape index (κ3) is 2.28. The van der Waals surface area contributed by atoms with Crippen molar-refractivity contribution in [2.75, 3.05) is 6.61 Å². The van der Waals surface area contributed by atoms with E-state index in [1.165, 1.54) is 6.08 Å². The lowest BCUT2D eigenvalue weighted by Gasteiger charge is -1.94. The molecule has 0 N–H and O–H groups in total. The minimum Gasteiger partial charge on any atom is -0.463 e. The average molecular weight is 233 g/mol. The number of esters is 1. The van der Waals surface area contributed by atoms with Gasteiger partial charge in [0.05, 0.1) is 6.61 Å². The molecule has 2 heterocycles. The van der Waals surface area contributed by atoms with Crippen LogP contribution in [0.5, 0.6) is 0 Å². The van der Waals surface area contributed by atoms with Crippen LogP contribution in [0.1, 0.15) is 12.5 Å². The largest absolute Gasteiger partial charge is 0.463 e. The molecule has 0 aromatic carbocycles. The molecule has 0 atom stereocenters. The van der Waals surface area contributed by atoms with Crippen LogP contribution in [0.3, 0.4) is 0 Å². The van der Waals surface area contributed by atoms with Crippen molar-refractivity contribution in [1.82, 2.24) is 4.98 Å². The van der Waals surface area contributed by atoms with Gasteiger partial charge >= 0.3 is 5.97 Å². The molecule has 0 aliphatic rings. The van der Waals surface area contributed by atoms with Crippen LogP contribution >= 0.6 is 11.3 Å². The Morgan fingerprint density at radius 2 is 2.50 bits per heavy atom. The highest BCUT2D eigenvalue weighted by atomic mass is 32.1. The molecule has 0 amide bonds. The summed E-state index contributed by atoms with van der Waals surface area (Å²) < 4.78 is 4.81. The van der Waals surface area contributed by atoms with Crippen LogP contribution in [0.2, 0.25) is 0 Å². The fourth-order valence-electron chi connectivity index (χ4n) is 1.36. The summed E-state index contributed by atoms with van der Waals surface area (Å²) in [5, 5.41) is 3.04. The third-order valence-electron chi connectivity index (χ3n) is 2.07. The first-order valence-corrected chi connectivity index (χ1v) is 5.86. The molecule has 16 heavy (non-hydrogen) atoms. The van der Waals surface area contributed by atoms with Crippen LogP contribution in [-0.4, -0.2) is 17.6 Å². The zero-order chi connectivity index (χ0) is 11.4. The van der Waals surface area contributed by atoms with Crippen LogP contribution in [0, 0.1) is 0 Å². The van der Waals surface area contributed by atoms with Crippen molar-refractivity contribution in [2.24, 2.45) is 0 Å². The quantitative estimate of drug-likeness (QED) is 0.604. The Bertz CT molecular complexity index is 531. The number of thiophene rings is 1. The summed E-state index contributed by atoms with van der Waals surface area (Å²) in [6.45, 7) is 2.19. The van der Waals surface area contributed by atoms with E-state index in [1.54, 1.807) is 30.5 Å². The van der Waals surface area contributed by atoms with Gasteiger partial charge in [-0.3, -0.25) is 0 Å². The zero-order valence-corrected chi connectivity index (χ0v) is 9.66. The number of carbonyl (C=O) groups excluding carboxylic acids is 1. The zero-order valence-electron chi connectivity index (χ0n) is 8.84. The van der Waals surface area contributed by atoms with Gasteiger partial charge in [-0.05, 0) is 30.7 Å². The Morgan fingerprint density at radius 3 is 3.31 bits per heavy atom. The third-order valence-corrected chi connectivity index (χ3v) is 2.99. The van der Waals surface area contributed by atoms with E-state index in [1.807, 2.05) is 17.5 Å².